The summed E-state index contributed by atoms with van der Waals surface area (Å²) in [6, 6.07) is 44.0. The second-order valence-corrected chi connectivity index (χ2v) is 23.7. The van der Waals surface area contributed by atoms with Gasteiger partial charge in [-0.25, -0.2) is 0 Å². The molecule has 0 radical (unpaired) electrons. The van der Waals surface area contributed by atoms with Crippen molar-refractivity contribution in [2.75, 3.05) is 4.90 Å². The predicted molar refractivity (Wildman–Crippen MR) is 281 cm³/mol. The SMILES string of the molecule is CC(C)(C)c1ccc2c(c1)B1c3ccc4c5c6c(ccc5n(C(C)(C)C)c4c3Oc3cc(C(C)(C)C)cc(c31)N2c1ccc(C(C)(C)C)cc1-c1cccc2c1oc1ccccc12)CCC6. The molecule has 0 amide bonds. The molecule has 0 atom stereocenters. The van der Waals surface area contributed by atoms with Crippen LogP contribution in [-0.4, -0.2) is 11.3 Å². The standard InChI is InChI=1S/C61H61BN2O2/c1-58(2,3)36-24-29-47(44(31-36)42-21-16-20-41-40-18-13-14-22-51(40)65-56(41)42)63-48-30-25-37(59(4,5)6)32-46(48)62-45-27-26-43-53-39-19-15-17-35(39)23-28-49(53)64(61(10,11)12)55(43)57(45)66-52-34-38(60(7,8)9)33-50(63)54(52)62/h13-14,16,18,20-34H,15,17,19H2,1-12H3. The molecule has 0 spiro atoms. The van der Waals surface area contributed by atoms with Crippen LogP contribution in [0.15, 0.2) is 120 Å². The number of nitrogens with zero attached hydrogens (tertiary/aromatic N) is 2. The van der Waals surface area contributed by atoms with Gasteiger partial charge in [-0.1, -0.05) is 135 Å². The topological polar surface area (TPSA) is 30.5 Å². The van der Waals surface area contributed by atoms with Gasteiger partial charge < -0.3 is 18.6 Å². The number of benzene rings is 7. The van der Waals surface area contributed by atoms with Crippen LogP contribution in [0.5, 0.6) is 11.5 Å². The number of furan rings is 1. The summed E-state index contributed by atoms with van der Waals surface area (Å²) >= 11 is 0. The molecule has 0 unspecified atom stereocenters. The van der Waals surface area contributed by atoms with Crippen LogP contribution in [0, 0.1) is 0 Å². The first-order chi connectivity index (χ1) is 31.3. The zero-order valence-electron chi connectivity index (χ0n) is 40.9. The lowest BCUT2D eigenvalue weighted by Gasteiger charge is -2.42. The van der Waals surface area contributed by atoms with Gasteiger partial charge in [0.05, 0.1) is 11.2 Å². The summed E-state index contributed by atoms with van der Waals surface area (Å²) in [4.78, 5) is 2.57. The van der Waals surface area contributed by atoms with Gasteiger partial charge in [-0.3, -0.25) is 0 Å². The highest BCUT2D eigenvalue weighted by Gasteiger charge is 2.45. The quantitative estimate of drug-likeness (QED) is 0.162. The molecule has 2 aliphatic heterocycles. The number of anilines is 3. The van der Waals surface area contributed by atoms with Crippen LogP contribution in [0.4, 0.5) is 17.1 Å². The van der Waals surface area contributed by atoms with Crippen LogP contribution in [0.2, 0.25) is 0 Å². The van der Waals surface area contributed by atoms with Gasteiger partial charge >= 0.3 is 0 Å². The van der Waals surface area contributed by atoms with Crippen LogP contribution in [0.25, 0.3) is 54.9 Å². The van der Waals surface area contributed by atoms with Gasteiger partial charge in [0.1, 0.15) is 22.7 Å². The van der Waals surface area contributed by atoms with Crippen LogP contribution in [0.1, 0.15) is 117 Å². The number of hydrogen-bond acceptors (Lipinski definition) is 3. The van der Waals surface area contributed by atoms with Crippen molar-refractivity contribution < 1.29 is 9.15 Å². The van der Waals surface area contributed by atoms with E-state index in [1.54, 1.807) is 0 Å². The highest BCUT2D eigenvalue weighted by Crippen LogP contribution is 2.51. The Morgan fingerprint density at radius 1 is 0.545 bits per heavy atom. The summed E-state index contributed by atoms with van der Waals surface area (Å²) in [7, 11) is 0. The van der Waals surface area contributed by atoms with E-state index in [1.165, 1.54) is 83.8 Å². The third kappa shape index (κ3) is 5.97. The maximum atomic E-state index is 7.66. The van der Waals surface area contributed by atoms with Gasteiger partial charge in [0, 0.05) is 55.1 Å². The molecule has 330 valence electrons. The molecule has 0 saturated carbocycles. The normalized spacial score (nSPS) is 14.8. The highest BCUT2D eigenvalue weighted by atomic mass is 16.5. The number of aryl methyl sites for hydroxylation is 2. The Balaban J connectivity index is 1.19. The maximum absolute atomic E-state index is 7.66. The molecule has 9 aromatic rings. The third-order valence-electron chi connectivity index (χ3n) is 15.1. The van der Waals surface area contributed by atoms with Gasteiger partial charge in [0.25, 0.3) is 6.71 Å². The number of aromatic nitrogens is 1. The fraction of sp³-hybridized carbons (Fsp3) is 0.311. The molecule has 3 aliphatic rings. The van der Waals surface area contributed by atoms with Crippen LogP contribution >= 0.6 is 0 Å². The average molecular weight is 865 g/mol. The first kappa shape index (κ1) is 41.3. The largest absolute Gasteiger partial charge is 0.456 e. The first-order valence-corrected chi connectivity index (χ1v) is 24.3. The van der Waals surface area contributed by atoms with E-state index in [0.29, 0.717) is 0 Å². The fourth-order valence-electron chi connectivity index (χ4n) is 11.7. The Morgan fingerprint density at radius 2 is 1.26 bits per heavy atom. The minimum Gasteiger partial charge on any atom is -0.456 e. The maximum Gasteiger partial charge on any atom is 0.256 e. The van der Waals surface area contributed by atoms with Crippen molar-refractivity contribution in [3.05, 3.63) is 143 Å². The summed E-state index contributed by atoms with van der Waals surface area (Å²) < 4.78 is 17.1. The van der Waals surface area contributed by atoms with E-state index in [-0.39, 0.29) is 28.5 Å². The Hall–Kier alpha value is -6.20. The second kappa shape index (κ2) is 13.7. The molecule has 12 rings (SSSR count). The van der Waals surface area contributed by atoms with Gasteiger partial charge in [-0.2, -0.15) is 0 Å². The molecular formula is C61H61BN2O2. The van der Waals surface area contributed by atoms with E-state index < -0.39 is 0 Å². The number of fused-ring (bicyclic) bond motifs is 13. The number of ether oxygens (including phenoxy) is 1. The van der Waals surface area contributed by atoms with Crippen molar-refractivity contribution in [2.24, 2.45) is 0 Å². The van der Waals surface area contributed by atoms with Gasteiger partial charge in [0.2, 0.25) is 0 Å². The summed E-state index contributed by atoms with van der Waals surface area (Å²) in [5.41, 5.74) is 20.2. The Kier molecular flexibility index (Phi) is 8.56. The summed E-state index contributed by atoms with van der Waals surface area (Å²) in [5, 5.41) is 4.98. The zero-order valence-corrected chi connectivity index (χ0v) is 40.9. The zero-order chi connectivity index (χ0) is 46.0. The molecule has 0 fully saturated rings. The third-order valence-corrected chi connectivity index (χ3v) is 15.1. The fourth-order valence-corrected chi connectivity index (χ4v) is 11.7. The van der Waals surface area contributed by atoms with Crippen LogP contribution < -0.4 is 26.0 Å². The molecule has 1 aliphatic carbocycles. The molecule has 2 aromatic heterocycles. The molecule has 4 nitrogen and oxygen atoms in total. The average Bonchev–Trinajstić information content (AvgIpc) is 3.99. The lowest BCUT2D eigenvalue weighted by molar-refractivity contribution is 0.415. The lowest BCUT2D eigenvalue weighted by atomic mass is 9.34. The van der Waals surface area contributed by atoms with E-state index in [4.69, 9.17) is 9.15 Å². The summed E-state index contributed by atoms with van der Waals surface area (Å²) in [6.45, 7) is 27.9. The predicted octanol–water partition coefficient (Wildman–Crippen LogP) is 14.9. The van der Waals surface area contributed by atoms with Crippen molar-refractivity contribution in [1.29, 1.82) is 0 Å². The van der Waals surface area contributed by atoms with Crippen molar-refractivity contribution in [2.45, 2.75) is 124 Å². The molecular weight excluding hydrogens is 803 g/mol. The molecule has 5 heteroatoms. The lowest BCUT2D eigenvalue weighted by Crippen LogP contribution is -2.60. The van der Waals surface area contributed by atoms with Crippen molar-refractivity contribution in [1.82, 2.24) is 4.57 Å². The van der Waals surface area contributed by atoms with E-state index in [0.717, 1.165) is 63.1 Å². The smallest absolute Gasteiger partial charge is 0.256 e. The molecule has 0 bridgehead atoms. The summed E-state index contributed by atoms with van der Waals surface area (Å²) in [6.07, 6.45) is 3.49. The molecule has 0 N–H and O–H groups in total. The van der Waals surface area contributed by atoms with E-state index >= 15 is 0 Å². The first-order valence-electron chi connectivity index (χ1n) is 24.3. The van der Waals surface area contributed by atoms with Crippen molar-refractivity contribution >= 4 is 83.9 Å². The van der Waals surface area contributed by atoms with Crippen LogP contribution in [-0.2, 0) is 34.6 Å². The van der Waals surface area contributed by atoms with Crippen molar-refractivity contribution in [3.8, 4) is 22.6 Å². The Morgan fingerprint density at radius 3 is 2.00 bits per heavy atom. The molecule has 7 aromatic carbocycles. The highest BCUT2D eigenvalue weighted by molar-refractivity contribution is 6.99. The monoisotopic (exact) mass is 864 g/mol. The molecule has 66 heavy (non-hydrogen) atoms. The van der Waals surface area contributed by atoms with E-state index in [1.807, 2.05) is 0 Å². The number of rotatable bonds is 2. The number of hydrogen-bond donors (Lipinski definition) is 0. The van der Waals surface area contributed by atoms with E-state index in [2.05, 4.69) is 208 Å². The molecule has 4 heterocycles. The minimum absolute atomic E-state index is 0.0565. The van der Waals surface area contributed by atoms with Crippen LogP contribution in [0.3, 0.4) is 0 Å². The minimum atomic E-state index is -0.191. The van der Waals surface area contributed by atoms with E-state index in [9.17, 15) is 0 Å². The summed E-state index contributed by atoms with van der Waals surface area (Å²) in [5.74, 6) is 1.94. The van der Waals surface area contributed by atoms with Crippen molar-refractivity contribution in [3.63, 3.8) is 0 Å². The Labute approximate surface area is 390 Å². The number of para-hydroxylation sites is 2. The van der Waals surface area contributed by atoms with Gasteiger partial charge in [0.15, 0.2) is 0 Å². The van der Waals surface area contributed by atoms with Gasteiger partial charge in [-0.05, 0) is 143 Å². The Bertz CT molecular complexity index is 3540. The molecule has 0 saturated heterocycles. The van der Waals surface area contributed by atoms with Gasteiger partial charge in [-0.15, -0.1) is 0 Å². The second-order valence-electron chi connectivity index (χ2n) is 23.7.